The Morgan fingerprint density at radius 2 is 1.88 bits per heavy atom. The minimum atomic E-state index is -0.963. The van der Waals surface area contributed by atoms with Gasteiger partial charge in [0.1, 0.15) is 0 Å². The molecule has 0 amide bonds. The van der Waals surface area contributed by atoms with E-state index in [1.165, 1.54) is 0 Å². The molecule has 0 aliphatic heterocycles. The second-order valence-electron chi connectivity index (χ2n) is 4.92. The van der Waals surface area contributed by atoms with E-state index in [1.807, 2.05) is 36.4 Å². The minimum absolute atomic E-state index is 0.236. The SMILES string of the molecule is O=C(O)c1ccccc1NCC=Cc1nnnn1-c1ccccc1. The van der Waals surface area contributed by atoms with Crippen LogP contribution in [0.5, 0.6) is 0 Å². The average Bonchev–Trinajstić information content (AvgIpc) is 3.08. The molecule has 2 aromatic carbocycles. The largest absolute Gasteiger partial charge is 0.478 e. The Morgan fingerprint density at radius 1 is 1.12 bits per heavy atom. The normalized spacial score (nSPS) is 10.8. The number of hydrogen-bond acceptors (Lipinski definition) is 5. The molecule has 1 heterocycles. The highest BCUT2D eigenvalue weighted by Crippen LogP contribution is 2.14. The third kappa shape index (κ3) is 3.46. The van der Waals surface area contributed by atoms with E-state index in [4.69, 9.17) is 5.11 Å². The highest BCUT2D eigenvalue weighted by Gasteiger charge is 2.07. The van der Waals surface area contributed by atoms with Crippen molar-refractivity contribution in [1.29, 1.82) is 0 Å². The number of para-hydroxylation sites is 2. The fourth-order valence-electron chi connectivity index (χ4n) is 2.21. The number of aromatic nitrogens is 4. The van der Waals surface area contributed by atoms with E-state index in [1.54, 1.807) is 35.0 Å². The van der Waals surface area contributed by atoms with Gasteiger partial charge in [-0.3, -0.25) is 0 Å². The van der Waals surface area contributed by atoms with Gasteiger partial charge in [-0.25, -0.2) is 4.79 Å². The number of rotatable bonds is 6. The van der Waals surface area contributed by atoms with Gasteiger partial charge in [-0.2, -0.15) is 4.68 Å². The summed E-state index contributed by atoms with van der Waals surface area (Å²) in [6.45, 7) is 0.450. The number of aromatic carboxylic acids is 1. The van der Waals surface area contributed by atoms with Gasteiger partial charge in [0, 0.05) is 12.2 Å². The molecule has 0 unspecified atom stereocenters. The second-order valence-corrected chi connectivity index (χ2v) is 4.92. The molecular weight excluding hydrogens is 306 g/mol. The third-order valence-electron chi connectivity index (χ3n) is 3.33. The first-order chi connectivity index (χ1) is 11.8. The lowest BCUT2D eigenvalue weighted by Crippen LogP contribution is -2.06. The summed E-state index contributed by atoms with van der Waals surface area (Å²) in [7, 11) is 0. The van der Waals surface area contributed by atoms with Gasteiger partial charge in [0.15, 0.2) is 5.82 Å². The number of benzene rings is 2. The van der Waals surface area contributed by atoms with Crippen molar-refractivity contribution in [2.24, 2.45) is 0 Å². The molecule has 1 aromatic heterocycles. The highest BCUT2D eigenvalue weighted by atomic mass is 16.4. The van der Waals surface area contributed by atoms with Crippen molar-refractivity contribution >= 4 is 17.7 Å². The van der Waals surface area contributed by atoms with Gasteiger partial charge in [0.2, 0.25) is 0 Å². The lowest BCUT2D eigenvalue weighted by Gasteiger charge is -2.06. The first-order valence-corrected chi connectivity index (χ1v) is 7.32. The monoisotopic (exact) mass is 321 g/mol. The Labute approximate surface area is 138 Å². The predicted octanol–water partition coefficient (Wildman–Crippen LogP) is 2.49. The van der Waals surface area contributed by atoms with Gasteiger partial charge in [-0.1, -0.05) is 36.4 Å². The molecule has 0 aliphatic carbocycles. The highest BCUT2D eigenvalue weighted by molar-refractivity contribution is 5.94. The van der Waals surface area contributed by atoms with Crippen molar-refractivity contribution in [2.45, 2.75) is 0 Å². The molecule has 0 aliphatic rings. The van der Waals surface area contributed by atoms with Gasteiger partial charge in [0.05, 0.1) is 11.3 Å². The van der Waals surface area contributed by atoms with Gasteiger partial charge in [0.25, 0.3) is 0 Å². The summed E-state index contributed by atoms with van der Waals surface area (Å²) in [5.74, 6) is -0.371. The summed E-state index contributed by atoms with van der Waals surface area (Å²) in [4.78, 5) is 11.2. The van der Waals surface area contributed by atoms with Crippen LogP contribution in [-0.4, -0.2) is 37.8 Å². The van der Waals surface area contributed by atoms with Gasteiger partial charge >= 0.3 is 5.97 Å². The molecule has 0 saturated heterocycles. The maximum Gasteiger partial charge on any atom is 0.337 e. The molecule has 0 atom stereocenters. The van der Waals surface area contributed by atoms with Crippen molar-refractivity contribution in [1.82, 2.24) is 20.2 Å². The minimum Gasteiger partial charge on any atom is -0.478 e. The third-order valence-corrected chi connectivity index (χ3v) is 3.33. The molecule has 0 bridgehead atoms. The fraction of sp³-hybridized carbons (Fsp3) is 0.0588. The lowest BCUT2D eigenvalue weighted by atomic mass is 10.2. The quantitative estimate of drug-likeness (QED) is 0.724. The summed E-state index contributed by atoms with van der Waals surface area (Å²) in [5, 5.41) is 23.8. The predicted molar refractivity (Wildman–Crippen MR) is 90.1 cm³/mol. The molecule has 3 rings (SSSR count). The summed E-state index contributed by atoms with van der Waals surface area (Å²) in [5.41, 5.74) is 1.67. The Balaban J connectivity index is 1.69. The molecule has 3 aromatic rings. The van der Waals surface area contributed by atoms with Crippen LogP contribution in [0.1, 0.15) is 16.2 Å². The van der Waals surface area contributed by atoms with E-state index >= 15 is 0 Å². The molecule has 120 valence electrons. The van der Waals surface area contributed by atoms with E-state index in [9.17, 15) is 4.79 Å². The molecule has 0 spiro atoms. The van der Waals surface area contributed by atoms with Crippen LogP contribution in [0.4, 0.5) is 5.69 Å². The summed E-state index contributed by atoms with van der Waals surface area (Å²) in [6.07, 6.45) is 3.62. The molecule has 24 heavy (non-hydrogen) atoms. The Morgan fingerprint density at radius 3 is 2.67 bits per heavy atom. The lowest BCUT2D eigenvalue weighted by molar-refractivity contribution is 0.0698. The van der Waals surface area contributed by atoms with Crippen LogP contribution in [0.3, 0.4) is 0 Å². The maximum absolute atomic E-state index is 11.2. The molecular formula is C17H15N5O2. The van der Waals surface area contributed by atoms with Gasteiger partial charge in [-0.15, -0.1) is 5.10 Å². The van der Waals surface area contributed by atoms with Crippen LogP contribution < -0.4 is 5.32 Å². The first-order valence-electron chi connectivity index (χ1n) is 7.32. The number of nitrogens with zero attached hydrogens (tertiary/aromatic N) is 4. The molecule has 2 N–H and O–H groups in total. The van der Waals surface area contributed by atoms with Crippen molar-refractivity contribution in [3.8, 4) is 5.69 Å². The molecule has 7 nitrogen and oxygen atoms in total. The molecule has 0 saturated carbocycles. The number of anilines is 1. The summed E-state index contributed by atoms with van der Waals surface area (Å²) in [6, 6.07) is 16.3. The first kappa shape index (κ1) is 15.4. The number of carboxylic acids is 1. The zero-order valence-electron chi connectivity index (χ0n) is 12.7. The smallest absolute Gasteiger partial charge is 0.337 e. The van der Waals surface area contributed by atoms with E-state index in [-0.39, 0.29) is 5.56 Å². The van der Waals surface area contributed by atoms with Crippen LogP contribution >= 0.6 is 0 Å². The fourth-order valence-corrected chi connectivity index (χ4v) is 2.21. The number of tetrazole rings is 1. The van der Waals surface area contributed by atoms with Crippen LogP contribution in [0.25, 0.3) is 11.8 Å². The zero-order chi connectivity index (χ0) is 16.8. The van der Waals surface area contributed by atoms with Crippen molar-refractivity contribution in [2.75, 3.05) is 11.9 Å². The van der Waals surface area contributed by atoms with Crippen LogP contribution in [-0.2, 0) is 0 Å². The van der Waals surface area contributed by atoms with Crippen LogP contribution in [0.15, 0.2) is 60.7 Å². The van der Waals surface area contributed by atoms with Crippen molar-refractivity contribution < 1.29 is 9.90 Å². The number of carbonyl (C=O) groups is 1. The Hall–Kier alpha value is -3.48. The number of nitrogens with one attached hydrogen (secondary N) is 1. The number of hydrogen-bond donors (Lipinski definition) is 2. The second kappa shape index (κ2) is 7.19. The summed E-state index contributed by atoms with van der Waals surface area (Å²) < 4.78 is 1.63. The number of carboxylic acid groups (broad SMARTS) is 1. The van der Waals surface area contributed by atoms with Crippen LogP contribution in [0, 0.1) is 0 Å². The van der Waals surface area contributed by atoms with Gasteiger partial charge in [-0.05, 0) is 40.8 Å². The van der Waals surface area contributed by atoms with Crippen LogP contribution in [0.2, 0.25) is 0 Å². The van der Waals surface area contributed by atoms with Gasteiger partial charge < -0.3 is 10.4 Å². The van der Waals surface area contributed by atoms with Crippen molar-refractivity contribution in [3.05, 3.63) is 72.1 Å². The molecule has 0 fully saturated rings. The van der Waals surface area contributed by atoms with E-state index in [0.29, 0.717) is 18.1 Å². The standard InChI is InChI=1S/C17H15N5O2/c23-17(24)14-9-4-5-10-15(14)18-12-6-11-16-19-20-21-22(16)13-7-2-1-3-8-13/h1-11,18H,12H2,(H,23,24). The Bertz CT molecular complexity index is 858. The maximum atomic E-state index is 11.2. The average molecular weight is 321 g/mol. The van der Waals surface area contributed by atoms with E-state index in [0.717, 1.165) is 5.69 Å². The topological polar surface area (TPSA) is 92.9 Å². The Kier molecular flexibility index (Phi) is 4.62. The molecule has 0 radical (unpaired) electrons. The zero-order valence-corrected chi connectivity index (χ0v) is 12.7. The van der Waals surface area contributed by atoms with E-state index < -0.39 is 5.97 Å². The van der Waals surface area contributed by atoms with Crippen molar-refractivity contribution in [3.63, 3.8) is 0 Å². The van der Waals surface area contributed by atoms with E-state index in [2.05, 4.69) is 20.8 Å². The summed E-state index contributed by atoms with van der Waals surface area (Å²) >= 11 is 0. The molecule has 7 heteroatoms.